The van der Waals surface area contributed by atoms with E-state index in [1.54, 1.807) is 6.20 Å². The van der Waals surface area contributed by atoms with E-state index in [0.717, 1.165) is 28.0 Å². The number of ether oxygens (including phenoxy) is 1. The molecule has 2 heterocycles. The van der Waals surface area contributed by atoms with E-state index in [2.05, 4.69) is 22.1 Å². The van der Waals surface area contributed by atoms with Crippen LogP contribution in [0.3, 0.4) is 0 Å². The summed E-state index contributed by atoms with van der Waals surface area (Å²) in [5.41, 5.74) is 0.980. The summed E-state index contributed by atoms with van der Waals surface area (Å²) in [5, 5.41) is 3.93. The molecule has 0 unspecified atom stereocenters. The zero-order chi connectivity index (χ0) is 17.5. The molecule has 1 amide bonds. The molecule has 0 saturated carbocycles. The predicted octanol–water partition coefficient (Wildman–Crippen LogP) is 4.02. The van der Waals surface area contributed by atoms with Crippen LogP contribution in [0, 0.1) is 11.8 Å². The number of pyridine rings is 1. The van der Waals surface area contributed by atoms with Crippen molar-refractivity contribution in [2.75, 3.05) is 6.61 Å². The van der Waals surface area contributed by atoms with Crippen LogP contribution in [0.15, 0.2) is 48.7 Å². The van der Waals surface area contributed by atoms with Crippen LogP contribution in [0.25, 0.3) is 10.2 Å². The van der Waals surface area contributed by atoms with Crippen molar-refractivity contribution < 1.29 is 9.53 Å². The van der Waals surface area contributed by atoms with Gasteiger partial charge in [-0.1, -0.05) is 31.0 Å². The number of carbonyl (C=O) groups is 1. The van der Waals surface area contributed by atoms with Gasteiger partial charge >= 0.3 is 0 Å². The van der Waals surface area contributed by atoms with Crippen LogP contribution in [-0.4, -0.2) is 17.5 Å². The van der Waals surface area contributed by atoms with Crippen molar-refractivity contribution in [3.8, 4) is 17.6 Å². The molecule has 0 spiro atoms. The van der Waals surface area contributed by atoms with Gasteiger partial charge in [0.05, 0.1) is 4.88 Å². The Labute approximate surface area is 150 Å². The van der Waals surface area contributed by atoms with Gasteiger partial charge in [0.15, 0.2) is 0 Å². The molecular formula is C20H18N2O2S. The molecule has 3 aromatic rings. The van der Waals surface area contributed by atoms with Gasteiger partial charge in [0, 0.05) is 24.5 Å². The monoisotopic (exact) mass is 350 g/mol. The van der Waals surface area contributed by atoms with E-state index in [-0.39, 0.29) is 5.91 Å². The molecule has 0 aliphatic carbocycles. The first kappa shape index (κ1) is 17.0. The van der Waals surface area contributed by atoms with Gasteiger partial charge in [-0.3, -0.25) is 4.79 Å². The first-order chi connectivity index (χ1) is 12.3. The van der Waals surface area contributed by atoms with Crippen molar-refractivity contribution in [1.29, 1.82) is 0 Å². The Kier molecular flexibility index (Phi) is 5.65. The molecule has 25 heavy (non-hydrogen) atoms. The summed E-state index contributed by atoms with van der Waals surface area (Å²) in [7, 11) is 0. The molecule has 4 nitrogen and oxygen atoms in total. The van der Waals surface area contributed by atoms with Crippen LogP contribution in [0.4, 0.5) is 0 Å². The summed E-state index contributed by atoms with van der Waals surface area (Å²) >= 11 is 1.40. The topological polar surface area (TPSA) is 51.2 Å². The van der Waals surface area contributed by atoms with Crippen LogP contribution in [0.1, 0.15) is 28.6 Å². The highest BCUT2D eigenvalue weighted by Crippen LogP contribution is 2.23. The third-order valence-corrected chi connectivity index (χ3v) is 4.54. The van der Waals surface area contributed by atoms with E-state index < -0.39 is 0 Å². The number of aromatic nitrogens is 1. The lowest BCUT2D eigenvalue weighted by molar-refractivity contribution is 0.0955. The maximum atomic E-state index is 12.3. The smallest absolute Gasteiger partial charge is 0.261 e. The number of nitrogens with zero attached hydrogens (tertiary/aromatic N) is 1. The third-order valence-electron chi connectivity index (χ3n) is 3.48. The number of thiophene rings is 1. The number of rotatable bonds is 5. The molecule has 3 rings (SSSR count). The minimum atomic E-state index is -0.0943. The normalized spacial score (nSPS) is 10.1. The van der Waals surface area contributed by atoms with Crippen LogP contribution < -0.4 is 10.1 Å². The molecule has 2 aromatic heterocycles. The number of amides is 1. The van der Waals surface area contributed by atoms with Crippen LogP contribution in [0.2, 0.25) is 0 Å². The standard InChI is InChI=1S/C20H18N2O2S/c1-2-3-4-11-24-17-9-5-7-15(12-17)14-22-19(23)18-13-16-8-6-10-21-20(16)25-18/h5-10,12-13H,2,11,14H2,1H3,(H,22,23). The third kappa shape index (κ3) is 4.59. The van der Waals surface area contributed by atoms with Crippen molar-refractivity contribution in [3.05, 3.63) is 59.1 Å². The lowest BCUT2D eigenvalue weighted by Crippen LogP contribution is -2.21. The van der Waals surface area contributed by atoms with E-state index >= 15 is 0 Å². The number of hydrogen-bond acceptors (Lipinski definition) is 4. The minimum absolute atomic E-state index is 0.0943. The zero-order valence-corrected chi connectivity index (χ0v) is 14.7. The molecule has 1 aromatic carbocycles. The highest BCUT2D eigenvalue weighted by molar-refractivity contribution is 7.20. The molecule has 0 radical (unpaired) electrons. The van der Waals surface area contributed by atoms with Crippen molar-refractivity contribution in [2.45, 2.75) is 19.9 Å². The van der Waals surface area contributed by atoms with Gasteiger partial charge in [-0.15, -0.1) is 17.3 Å². The average molecular weight is 350 g/mol. The van der Waals surface area contributed by atoms with Crippen molar-refractivity contribution in [1.82, 2.24) is 10.3 Å². The number of hydrogen-bond donors (Lipinski definition) is 1. The Morgan fingerprint density at radius 2 is 2.16 bits per heavy atom. The maximum Gasteiger partial charge on any atom is 0.261 e. The summed E-state index contributed by atoms with van der Waals surface area (Å²) < 4.78 is 5.59. The molecule has 0 atom stereocenters. The summed E-state index contributed by atoms with van der Waals surface area (Å²) in [6.45, 7) is 2.82. The van der Waals surface area contributed by atoms with E-state index in [1.807, 2.05) is 49.4 Å². The lowest BCUT2D eigenvalue weighted by Gasteiger charge is -2.07. The average Bonchev–Trinajstić information content (AvgIpc) is 3.08. The van der Waals surface area contributed by atoms with Crippen molar-refractivity contribution in [3.63, 3.8) is 0 Å². The second-order valence-electron chi connectivity index (χ2n) is 5.33. The SMILES string of the molecule is CCC#CCOc1cccc(CNC(=O)c2cc3cccnc3s2)c1. The second kappa shape index (κ2) is 8.32. The van der Waals surface area contributed by atoms with E-state index in [4.69, 9.17) is 4.74 Å². The fraction of sp³-hybridized carbons (Fsp3) is 0.200. The molecule has 5 heteroatoms. The zero-order valence-electron chi connectivity index (χ0n) is 13.9. The van der Waals surface area contributed by atoms with E-state index in [0.29, 0.717) is 18.0 Å². The second-order valence-corrected chi connectivity index (χ2v) is 6.36. The molecule has 126 valence electrons. The van der Waals surface area contributed by atoms with E-state index in [1.165, 1.54) is 11.3 Å². The molecule has 0 aliphatic rings. The van der Waals surface area contributed by atoms with Crippen molar-refractivity contribution >= 4 is 27.5 Å². The van der Waals surface area contributed by atoms with Gasteiger partial charge < -0.3 is 10.1 Å². The largest absolute Gasteiger partial charge is 0.481 e. The van der Waals surface area contributed by atoms with Crippen molar-refractivity contribution in [2.24, 2.45) is 0 Å². The fourth-order valence-corrected chi connectivity index (χ4v) is 3.21. The molecule has 0 saturated heterocycles. The Balaban J connectivity index is 1.60. The van der Waals surface area contributed by atoms with Gasteiger partial charge in [0.2, 0.25) is 0 Å². The highest BCUT2D eigenvalue weighted by atomic mass is 32.1. The molecule has 0 bridgehead atoms. The molecular weight excluding hydrogens is 332 g/mol. The van der Waals surface area contributed by atoms with Gasteiger partial charge in [-0.2, -0.15) is 0 Å². The minimum Gasteiger partial charge on any atom is -0.481 e. The summed E-state index contributed by atoms with van der Waals surface area (Å²) in [4.78, 5) is 18.1. The number of nitrogens with one attached hydrogen (secondary N) is 1. The van der Waals surface area contributed by atoms with Gasteiger partial charge in [-0.25, -0.2) is 4.98 Å². The first-order valence-electron chi connectivity index (χ1n) is 8.06. The highest BCUT2D eigenvalue weighted by Gasteiger charge is 2.10. The maximum absolute atomic E-state index is 12.3. The van der Waals surface area contributed by atoms with Crippen LogP contribution in [-0.2, 0) is 6.54 Å². The number of fused-ring (bicyclic) bond motifs is 1. The summed E-state index contributed by atoms with van der Waals surface area (Å²) in [6.07, 6.45) is 2.56. The first-order valence-corrected chi connectivity index (χ1v) is 8.88. The number of carbonyl (C=O) groups excluding carboxylic acids is 1. The number of benzene rings is 1. The Bertz CT molecular complexity index is 904. The molecule has 0 fully saturated rings. The van der Waals surface area contributed by atoms with Crippen LogP contribution >= 0.6 is 11.3 Å². The lowest BCUT2D eigenvalue weighted by atomic mass is 10.2. The van der Waals surface area contributed by atoms with Gasteiger partial charge in [0.1, 0.15) is 17.2 Å². The molecule has 0 aliphatic heterocycles. The predicted molar refractivity (Wildman–Crippen MR) is 101 cm³/mol. The summed E-state index contributed by atoms with van der Waals surface area (Å²) in [6, 6.07) is 13.4. The fourth-order valence-electron chi connectivity index (χ4n) is 2.30. The summed E-state index contributed by atoms with van der Waals surface area (Å²) in [5.74, 6) is 6.57. The van der Waals surface area contributed by atoms with Gasteiger partial charge in [0.25, 0.3) is 5.91 Å². The molecule has 1 N–H and O–H groups in total. The van der Waals surface area contributed by atoms with E-state index in [9.17, 15) is 4.79 Å². The van der Waals surface area contributed by atoms with Crippen LogP contribution in [0.5, 0.6) is 5.75 Å². The van der Waals surface area contributed by atoms with Gasteiger partial charge in [-0.05, 0) is 29.8 Å². The quantitative estimate of drug-likeness (QED) is 0.707. The Morgan fingerprint density at radius 1 is 1.24 bits per heavy atom. The Morgan fingerprint density at radius 3 is 3.00 bits per heavy atom. The Hall–Kier alpha value is -2.84.